The molecule has 1 amide bonds. The van der Waals surface area contributed by atoms with E-state index in [1.807, 2.05) is 0 Å². The van der Waals surface area contributed by atoms with Crippen LogP contribution < -0.4 is 5.73 Å². The number of rotatable bonds is 2. The highest BCUT2D eigenvalue weighted by Gasteiger charge is 1.87. The van der Waals surface area contributed by atoms with Crippen molar-refractivity contribution in [1.82, 2.24) is 0 Å². The molecule has 0 aliphatic heterocycles. The first-order chi connectivity index (χ1) is 3.27. The summed E-state index contributed by atoms with van der Waals surface area (Å²) in [5.41, 5.74) is 4.60. The normalized spacial score (nSPS) is 8.14. The fourth-order valence-electron chi connectivity index (χ4n) is 0.139. The third kappa shape index (κ3) is 5.75. The monoisotopic (exact) mass is 167 g/mol. The summed E-state index contributed by atoms with van der Waals surface area (Å²) in [5.74, 6) is 0. The maximum atomic E-state index is 9.74. The second-order valence-electron chi connectivity index (χ2n) is 0.856. The van der Waals surface area contributed by atoms with E-state index in [2.05, 4.69) is 26.4 Å². The fraction of sp³-hybridized carbons (Fsp3) is 0.667. The van der Waals surface area contributed by atoms with Gasteiger partial charge in [0.25, 0.3) is 0 Å². The smallest absolute Gasteiger partial charge is 0.404 e. The van der Waals surface area contributed by atoms with Crippen molar-refractivity contribution in [2.75, 3.05) is 11.9 Å². The van der Waals surface area contributed by atoms with Gasteiger partial charge in [0, 0.05) is 5.33 Å². The molecule has 0 spiro atoms. The molecular weight excluding hydrogens is 162 g/mol. The molecule has 0 saturated carbocycles. The van der Waals surface area contributed by atoms with E-state index in [1.54, 1.807) is 0 Å². The van der Waals surface area contributed by atoms with Gasteiger partial charge in [-0.15, -0.1) is 0 Å². The van der Waals surface area contributed by atoms with Gasteiger partial charge in [-0.2, -0.15) is 0 Å². The first-order valence-corrected chi connectivity index (χ1v) is 2.87. The molecular formula is C3H6BrNO2. The summed E-state index contributed by atoms with van der Waals surface area (Å²) < 4.78 is 4.28. The van der Waals surface area contributed by atoms with Gasteiger partial charge in [-0.05, 0) is 0 Å². The number of alkyl halides is 1. The van der Waals surface area contributed by atoms with Crippen LogP contribution in [-0.2, 0) is 4.74 Å². The molecule has 0 saturated heterocycles. The Kier molecular flexibility index (Phi) is 3.78. The summed E-state index contributed by atoms with van der Waals surface area (Å²) in [4.78, 5) is 9.74. The second-order valence-corrected chi connectivity index (χ2v) is 1.65. The number of carbonyl (C=O) groups excluding carboxylic acids is 1. The van der Waals surface area contributed by atoms with Gasteiger partial charge in [-0.1, -0.05) is 15.9 Å². The van der Waals surface area contributed by atoms with E-state index in [0.29, 0.717) is 11.9 Å². The van der Waals surface area contributed by atoms with Crippen molar-refractivity contribution in [2.45, 2.75) is 0 Å². The molecule has 0 rings (SSSR count). The molecule has 0 unspecified atom stereocenters. The average Bonchev–Trinajstić information content (AvgIpc) is 1.61. The van der Waals surface area contributed by atoms with Crippen molar-refractivity contribution in [3.8, 4) is 0 Å². The molecule has 3 nitrogen and oxygen atoms in total. The van der Waals surface area contributed by atoms with Crippen LogP contribution in [0.15, 0.2) is 0 Å². The predicted molar refractivity (Wildman–Crippen MR) is 29.3 cm³/mol. The highest BCUT2D eigenvalue weighted by molar-refractivity contribution is 9.09. The molecule has 0 aromatic carbocycles. The minimum Gasteiger partial charge on any atom is -0.449 e. The SMILES string of the molecule is NC(=O)OCCBr. The lowest BCUT2D eigenvalue weighted by molar-refractivity contribution is 0.164. The Labute approximate surface area is 50.0 Å². The van der Waals surface area contributed by atoms with Crippen molar-refractivity contribution in [3.63, 3.8) is 0 Å². The van der Waals surface area contributed by atoms with Crippen LogP contribution >= 0.6 is 15.9 Å². The summed E-state index contributed by atoms with van der Waals surface area (Å²) in [6.45, 7) is 0.343. The molecule has 0 aromatic rings. The highest BCUT2D eigenvalue weighted by Crippen LogP contribution is 1.79. The Bertz CT molecular complexity index is 66.0. The van der Waals surface area contributed by atoms with E-state index in [-0.39, 0.29) is 0 Å². The van der Waals surface area contributed by atoms with Crippen LogP contribution in [0.25, 0.3) is 0 Å². The van der Waals surface area contributed by atoms with Gasteiger partial charge in [0.15, 0.2) is 0 Å². The number of hydrogen-bond acceptors (Lipinski definition) is 2. The molecule has 0 aliphatic rings. The van der Waals surface area contributed by atoms with Crippen LogP contribution in [-0.4, -0.2) is 18.0 Å². The second kappa shape index (κ2) is 3.92. The summed E-state index contributed by atoms with van der Waals surface area (Å²) in [7, 11) is 0. The number of carbonyl (C=O) groups is 1. The molecule has 42 valence electrons. The van der Waals surface area contributed by atoms with E-state index in [0.717, 1.165) is 0 Å². The lowest BCUT2D eigenvalue weighted by Gasteiger charge is -1.92. The highest BCUT2D eigenvalue weighted by atomic mass is 79.9. The molecule has 0 heterocycles. The number of primary amides is 1. The zero-order chi connectivity index (χ0) is 5.70. The van der Waals surface area contributed by atoms with Gasteiger partial charge in [-0.3, -0.25) is 0 Å². The molecule has 0 aromatic heterocycles. The van der Waals surface area contributed by atoms with Gasteiger partial charge < -0.3 is 10.5 Å². The van der Waals surface area contributed by atoms with Crippen LogP contribution in [0.4, 0.5) is 4.79 Å². The van der Waals surface area contributed by atoms with Crippen LogP contribution in [0.3, 0.4) is 0 Å². The van der Waals surface area contributed by atoms with Crippen LogP contribution in [0.5, 0.6) is 0 Å². The van der Waals surface area contributed by atoms with E-state index in [9.17, 15) is 4.79 Å². The van der Waals surface area contributed by atoms with Gasteiger partial charge in [0.2, 0.25) is 0 Å². The molecule has 4 heteroatoms. The fourth-order valence-corrected chi connectivity index (χ4v) is 0.301. The van der Waals surface area contributed by atoms with Crippen LogP contribution in [0.2, 0.25) is 0 Å². The first-order valence-electron chi connectivity index (χ1n) is 1.75. The number of amides is 1. The Hall–Kier alpha value is -0.250. The van der Waals surface area contributed by atoms with E-state index >= 15 is 0 Å². The van der Waals surface area contributed by atoms with E-state index in [1.165, 1.54) is 0 Å². The van der Waals surface area contributed by atoms with Crippen molar-refractivity contribution in [1.29, 1.82) is 0 Å². The zero-order valence-electron chi connectivity index (χ0n) is 3.69. The minimum absolute atomic E-state index is 0.343. The van der Waals surface area contributed by atoms with Gasteiger partial charge in [-0.25, -0.2) is 4.79 Å². The van der Waals surface area contributed by atoms with E-state index < -0.39 is 6.09 Å². The number of ether oxygens (including phenoxy) is 1. The number of hydrogen-bond donors (Lipinski definition) is 1. The molecule has 0 bridgehead atoms. The Balaban J connectivity index is 2.82. The zero-order valence-corrected chi connectivity index (χ0v) is 5.27. The third-order valence-corrected chi connectivity index (χ3v) is 0.645. The van der Waals surface area contributed by atoms with E-state index in [4.69, 9.17) is 0 Å². The molecule has 7 heavy (non-hydrogen) atoms. The molecule has 0 atom stereocenters. The molecule has 2 N–H and O–H groups in total. The summed E-state index contributed by atoms with van der Waals surface area (Å²) in [6, 6.07) is 0. The summed E-state index contributed by atoms with van der Waals surface area (Å²) >= 11 is 3.05. The largest absolute Gasteiger partial charge is 0.449 e. The van der Waals surface area contributed by atoms with Crippen LogP contribution in [0.1, 0.15) is 0 Å². The number of halogens is 1. The van der Waals surface area contributed by atoms with Gasteiger partial charge in [0.05, 0.1) is 0 Å². The Morgan fingerprint density at radius 3 is 2.57 bits per heavy atom. The molecule has 0 radical (unpaired) electrons. The topological polar surface area (TPSA) is 52.3 Å². The Morgan fingerprint density at radius 1 is 1.86 bits per heavy atom. The minimum atomic E-state index is -0.723. The lowest BCUT2D eigenvalue weighted by Crippen LogP contribution is -2.13. The standard InChI is InChI=1S/C3H6BrNO2/c4-1-2-7-3(5)6/h1-2H2,(H2,5,6). The lowest BCUT2D eigenvalue weighted by atomic mass is 10.9. The quantitative estimate of drug-likeness (QED) is 0.609. The molecule has 0 fully saturated rings. The maximum Gasteiger partial charge on any atom is 0.404 e. The van der Waals surface area contributed by atoms with Crippen molar-refractivity contribution >= 4 is 22.0 Å². The van der Waals surface area contributed by atoms with Crippen molar-refractivity contribution in [2.24, 2.45) is 5.73 Å². The van der Waals surface area contributed by atoms with Crippen LogP contribution in [0, 0.1) is 0 Å². The Morgan fingerprint density at radius 2 is 2.43 bits per heavy atom. The number of nitrogens with two attached hydrogens (primary N) is 1. The maximum absolute atomic E-state index is 9.74. The first kappa shape index (κ1) is 6.75. The van der Waals surface area contributed by atoms with Gasteiger partial charge in [0.1, 0.15) is 6.61 Å². The summed E-state index contributed by atoms with van der Waals surface area (Å²) in [5, 5.41) is 0.635. The predicted octanol–water partition coefficient (Wildman–Crippen LogP) is 0.477. The van der Waals surface area contributed by atoms with Gasteiger partial charge >= 0.3 is 6.09 Å². The summed E-state index contributed by atoms with van der Waals surface area (Å²) in [6.07, 6.45) is -0.723. The average molecular weight is 168 g/mol. The molecule has 0 aliphatic carbocycles. The third-order valence-electron chi connectivity index (χ3n) is 0.321. The van der Waals surface area contributed by atoms with Crippen molar-refractivity contribution in [3.05, 3.63) is 0 Å². The van der Waals surface area contributed by atoms with Crippen molar-refractivity contribution < 1.29 is 9.53 Å².